The fourth-order valence-electron chi connectivity index (χ4n) is 4.60. The van der Waals surface area contributed by atoms with Crippen LogP contribution in [0, 0.1) is 5.82 Å². The molecular formula is C24H29FO2. The number of carboxylic acids is 1. The molecule has 144 valence electrons. The number of carbonyl (C=O) groups is 1. The zero-order valence-electron chi connectivity index (χ0n) is 16.1. The summed E-state index contributed by atoms with van der Waals surface area (Å²) < 4.78 is 13.4. The van der Waals surface area contributed by atoms with E-state index in [2.05, 4.69) is 6.92 Å². The maximum atomic E-state index is 13.4. The number of aromatic carboxylic acids is 1. The van der Waals surface area contributed by atoms with Crippen LogP contribution < -0.4 is 0 Å². The maximum Gasteiger partial charge on any atom is 0.335 e. The molecule has 2 nitrogen and oxygen atoms in total. The van der Waals surface area contributed by atoms with Crippen LogP contribution in [-0.4, -0.2) is 11.1 Å². The van der Waals surface area contributed by atoms with Crippen LogP contribution in [0.15, 0.2) is 48.5 Å². The lowest BCUT2D eigenvalue weighted by atomic mass is 9.63. The van der Waals surface area contributed by atoms with Crippen LogP contribution in [0.25, 0.3) is 0 Å². The predicted octanol–water partition coefficient (Wildman–Crippen LogP) is 6.70. The third-order valence-corrected chi connectivity index (χ3v) is 6.29. The maximum absolute atomic E-state index is 13.4. The summed E-state index contributed by atoms with van der Waals surface area (Å²) in [6.45, 7) is 2.22. The van der Waals surface area contributed by atoms with Crippen LogP contribution in [-0.2, 0) is 5.41 Å². The van der Waals surface area contributed by atoms with Gasteiger partial charge in [0.2, 0.25) is 0 Å². The van der Waals surface area contributed by atoms with Gasteiger partial charge in [-0.15, -0.1) is 0 Å². The average Bonchev–Trinajstić information content (AvgIpc) is 2.69. The normalized spacial score (nSPS) is 22.5. The van der Waals surface area contributed by atoms with Crippen LogP contribution in [0.2, 0.25) is 0 Å². The molecule has 1 fully saturated rings. The van der Waals surface area contributed by atoms with Gasteiger partial charge in [0, 0.05) is 0 Å². The number of benzene rings is 2. The van der Waals surface area contributed by atoms with Crippen molar-refractivity contribution in [3.05, 3.63) is 71.0 Å². The topological polar surface area (TPSA) is 37.3 Å². The Hall–Kier alpha value is -2.16. The van der Waals surface area contributed by atoms with Crippen molar-refractivity contribution in [3.63, 3.8) is 0 Å². The first-order valence-corrected chi connectivity index (χ1v) is 10.1. The number of halogens is 1. The molecule has 0 saturated heterocycles. The summed E-state index contributed by atoms with van der Waals surface area (Å²) in [5.41, 5.74) is 3.01. The molecule has 0 atom stereocenters. The molecule has 0 unspecified atom stereocenters. The molecule has 1 N–H and O–H groups in total. The highest BCUT2D eigenvalue weighted by Crippen LogP contribution is 2.47. The lowest BCUT2D eigenvalue weighted by molar-refractivity contribution is 0.0697. The summed E-state index contributed by atoms with van der Waals surface area (Å²) in [5, 5.41) is 9.08. The van der Waals surface area contributed by atoms with Crippen LogP contribution in [0.1, 0.15) is 85.7 Å². The van der Waals surface area contributed by atoms with Crippen molar-refractivity contribution in [2.24, 2.45) is 0 Å². The van der Waals surface area contributed by atoms with Crippen LogP contribution >= 0.6 is 0 Å². The van der Waals surface area contributed by atoms with E-state index in [1.54, 1.807) is 24.3 Å². The molecule has 0 aromatic heterocycles. The fourth-order valence-corrected chi connectivity index (χ4v) is 4.60. The number of unbranched alkanes of at least 4 members (excludes halogenated alkanes) is 2. The predicted molar refractivity (Wildman–Crippen MR) is 107 cm³/mol. The smallest absolute Gasteiger partial charge is 0.335 e. The largest absolute Gasteiger partial charge is 0.478 e. The minimum Gasteiger partial charge on any atom is -0.478 e. The lowest BCUT2D eigenvalue weighted by Gasteiger charge is -2.41. The molecule has 0 radical (unpaired) electrons. The third-order valence-electron chi connectivity index (χ3n) is 6.29. The van der Waals surface area contributed by atoms with E-state index in [9.17, 15) is 9.18 Å². The molecule has 0 bridgehead atoms. The Morgan fingerprint density at radius 1 is 1.04 bits per heavy atom. The molecule has 27 heavy (non-hydrogen) atoms. The summed E-state index contributed by atoms with van der Waals surface area (Å²) in [7, 11) is 0. The van der Waals surface area contributed by atoms with Crippen molar-refractivity contribution in [2.45, 2.75) is 69.6 Å². The number of rotatable bonds is 7. The first-order chi connectivity index (χ1) is 13.0. The van der Waals surface area contributed by atoms with Gasteiger partial charge < -0.3 is 5.11 Å². The highest BCUT2D eigenvalue weighted by atomic mass is 19.1. The first kappa shape index (κ1) is 19.6. The standard InChI is InChI=1S/C24H29FO2/c1-2-3-4-15-24(21-9-11-22(25)12-10-21)16-13-19(14-17-24)18-5-7-20(8-6-18)23(26)27/h5-12,19H,2-4,13-17H2,1H3,(H,26,27). The molecule has 2 aromatic carbocycles. The molecule has 1 aliphatic carbocycles. The Morgan fingerprint density at radius 3 is 2.22 bits per heavy atom. The number of carboxylic acid groups (broad SMARTS) is 1. The van der Waals surface area contributed by atoms with Gasteiger partial charge in [0.15, 0.2) is 0 Å². The second kappa shape index (κ2) is 8.69. The summed E-state index contributed by atoms with van der Waals surface area (Å²) in [6.07, 6.45) is 9.22. The minimum atomic E-state index is -0.878. The van der Waals surface area contributed by atoms with E-state index in [0.717, 1.165) is 32.1 Å². The average molecular weight is 368 g/mol. The zero-order valence-corrected chi connectivity index (χ0v) is 16.1. The van der Waals surface area contributed by atoms with Gasteiger partial charge in [-0.3, -0.25) is 0 Å². The molecular weight excluding hydrogens is 339 g/mol. The van der Waals surface area contributed by atoms with E-state index < -0.39 is 5.97 Å². The van der Waals surface area contributed by atoms with Crippen LogP contribution in [0.5, 0.6) is 0 Å². The Morgan fingerprint density at radius 2 is 1.67 bits per heavy atom. The van der Waals surface area contributed by atoms with E-state index in [-0.39, 0.29) is 11.2 Å². The first-order valence-electron chi connectivity index (χ1n) is 10.1. The Balaban J connectivity index is 1.74. The number of hydrogen-bond acceptors (Lipinski definition) is 1. The van der Waals surface area contributed by atoms with Gasteiger partial charge in [0.1, 0.15) is 5.82 Å². The van der Waals surface area contributed by atoms with Crippen molar-refractivity contribution in [2.75, 3.05) is 0 Å². The van der Waals surface area contributed by atoms with Gasteiger partial charge in [-0.1, -0.05) is 50.5 Å². The quantitative estimate of drug-likeness (QED) is 0.552. The van der Waals surface area contributed by atoms with Gasteiger partial charge in [-0.25, -0.2) is 9.18 Å². The Kier molecular flexibility index (Phi) is 6.30. The molecule has 1 saturated carbocycles. The summed E-state index contributed by atoms with van der Waals surface area (Å²) in [4.78, 5) is 11.1. The molecule has 0 amide bonds. The van der Waals surface area contributed by atoms with E-state index in [4.69, 9.17) is 5.11 Å². The SMILES string of the molecule is CCCCCC1(c2ccc(F)cc2)CCC(c2ccc(C(=O)O)cc2)CC1. The Bertz CT molecular complexity index is 741. The molecule has 0 spiro atoms. The second-order valence-corrected chi connectivity index (χ2v) is 7.95. The highest BCUT2D eigenvalue weighted by Gasteiger charge is 2.36. The summed E-state index contributed by atoms with van der Waals surface area (Å²) >= 11 is 0. The Labute approximate surface area is 161 Å². The minimum absolute atomic E-state index is 0.153. The molecule has 0 heterocycles. The van der Waals surface area contributed by atoms with E-state index in [1.165, 1.54) is 30.4 Å². The van der Waals surface area contributed by atoms with Crippen molar-refractivity contribution < 1.29 is 14.3 Å². The monoisotopic (exact) mass is 368 g/mol. The van der Waals surface area contributed by atoms with Gasteiger partial charge in [0.05, 0.1) is 5.56 Å². The number of hydrogen-bond donors (Lipinski definition) is 1. The van der Waals surface area contributed by atoms with Crippen molar-refractivity contribution in [3.8, 4) is 0 Å². The lowest BCUT2D eigenvalue weighted by Crippen LogP contribution is -2.31. The van der Waals surface area contributed by atoms with Gasteiger partial charge >= 0.3 is 5.97 Å². The van der Waals surface area contributed by atoms with Crippen molar-refractivity contribution in [1.29, 1.82) is 0 Å². The van der Waals surface area contributed by atoms with Gasteiger partial charge in [0.25, 0.3) is 0 Å². The molecule has 3 rings (SSSR count). The zero-order chi connectivity index (χ0) is 19.3. The fraction of sp³-hybridized carbons (Fsp3) is 0.458. The third kappa shape index (κ3) is 4.58. The van der Waals surface area contributed by atoms with E-state index in [1.807, 2.05) is 24.3 Å². The molecule has 2 aromatic rings. The van der Waals surface area contributed by atoms with Crippen molar-refractivity contribution in [1.82, 2.24) is 0 Å². The van der Waals surface area contributed by atoms with Gasteiger partial charge in [-0.2, -0.15) is 0 Å². The van der Waals surface area contributed by atoms with E-state index >= 15 is 0 Å². The van der Waals surface area contributed by atoms with Crippen LogP contribution in [0.3, 0.4) is 0 Å². The van der Waals surface area contributed by atoms with E-state index in [0.29, 0.717) is 11.5 Å². The summed E-state index contributed by atoms with van der Waals surface area (Å²) in [5.74, 6) is -0.571. The van der Waals surface area contributed by atoms with Crippen molar-refractivity contribution >= 4 is 5.97 Å². The summed E-state index contributed by atoms with van der Waals surface area (Å²) in [6, 6.07) is 14.5. The highest BCUT2D eigenvalue weighted by molar-refractivity contribution is 5.87. The second-order valence-electron chi connectivity index (χ2n) is 7.95. The molecule has 0 aliphatic heterocycles. The molecule has 3 heteroatoms. The molecule has 1 aliphatic rings. The van der Waals surface area contributed by atoms with Crippen LogP contribution in [0.4, 0.5) is 4.39 Å². The van der Waals surface area contributed by atoms with Gasteiger partial charge in [-0.05, 0) is 78.8 Å².